The first-order chi connectivity index (χ1) is 10.3. The normalized spacial score (nSPS) is 11.7. The van der Waals surface area contributed by atoms with E-state index in [0.29, 0.717) is 17.9 Å². The zero-order valence-corrected chi connectivity index (χ0v) is 12.5. The third-order valence-corrected chi connectivity index (χ3v) is 3.02. The molecule has 1 heterocycles. The van der Waals surface area contributed by atoms with Crippen LogP contribution < -0.4 is 4.74 Å². The molecular formula is C15H16F3N2O2. The second-order valence-electron chi connectivity index (χ2n) is 4.87. The van der Waals surface area contributed by atoms with Crippen LogP contribution in [0.25, 0.3) is 11.4 Å². The van der Waals surface area contributed by atoms with Crippen LogP contribution in [-0.2, 0) is 6.18 Å². The van der Waals surface area contributed by atoms with Gasteiger partial charge in [0.15, 0.2) is 0 Å². The van der Waals surface area contributed by atoms with E-state index in [9.17, 15) is 13.2 Å². The van der Waals surface area contributed by atoms with Crippen molar-refractivity contribution in [3.8, 4) is 17.1 Å². The van der Waals surface area contributed by atoms with E-state index in [0.717, 1.165) is 17.5 Å². The maximum absolute atomic E-state index is 12.5. The second-order valence-corrected chi connectivity index (χ2v) is 4.87. The van der Waals surface area contributed by atoms with Crippen molar-refractivity contribution in [3.05, 3.63) is 35.6 Å². The molecule has 0 bridgehead atoms. The molecule has 0 atom stereocenters. The van der Waals surface area contributed by atoms with E-state index >= 15 is 0 Å². The lowest BCUT2D eigenvalue weighted by Gasteiger charge is -2.12. The number of halogens is 3. The van der Waals surface area contributed by atoms with Crippen molar-refractivity contribution >= 4 is 0 Å². The molecule has 0 N–H and O–H groups in total. The number of aryl methyl sites for hydroxylation is 2. The molecular weight excluding hydrogens is 297 g/mol. The smallest absolute Gasteiger partial charge is 0.471 e. The highest BCUT2D eigenvalue weighted by Gasteiger charge is 2.38. The van der Waals surface area contributed by atoms with Crippen molar-refractivity contribution in [1.29, 1.82) is 0 Å². The molecule has 0 aliphatic heterocycles. The highest BCUT2D eigenvalue weighted by atomic mass is 19.4. The van der Waals surface area contributed by atoms with Crippen LogP contribution in [0.1, 0.15) is 30.4 Å². The average molecular weight is 313 g/mol. The molecule has 0 fully saturated rings. The molecule has 1 aromatic carbocycles. The van der Waals surface area contributed by atoms with Crippen molar-refractivity contribution in [2.45, 2.75) is 33.4 Å². The summed E-state index contributed by atoms with van der Waals surface area (Å²) in [5.74, 6) is -0.728. The van der Waals surface area contributed by atoms with Crippen LogP contribution in [0.15, 0.2) is 16.7 Å². The van der Waals surface area contributed by atoms with E-state index in [1.165, 1.54) is 0 Å². The molecule has 4 nitrogen and oxygen atoms in total. The SMILES string of the molecule is CC[CH]COc1c(C)cc(-c2noc(C(F)(F)F)n2)cc1C. The summed E-state index contributed by atoms with van der Waals surface area (Å²) in [7, 11) is 0. The summed E-state index contributed by atoms with van der Waals surface area (Å²) >= 11 is 0. The van der Waals surface area contributed by atoms with Gasteiger partial charge in [-0.05, 0) is 49.9 Å². The lowest BCUT2D eigenvalue weighted by Crippen LogP contribution is -2.05. The molecule has 0 unspecified atom stereocenters. The van der Waals surface area contributed by atoms with Crippen molar-refractivity contribution in [3.63, 3.8) is 0 Å². The molecule has 0 aliphatic rings. The summed E-state index contributed by atoms with van der Waals surface area (Å²) in [5.41, 5.74) is 2.07. The number of hydrogen-bond donors (Lipinski definition) is 0. The number of rotatable bonds is 5. The molecule has 0 saturated heterocycles. The fourth-order valence-corrected chi connectivity index (χ4v) is 2.02. The minimum Gasteiger partial charge on any atom is -0.493 e. The van der Waals surface area contributed by atoms with Gasteiger partial charge in [0, 0.05) is 5.56 Å². The van der Waals surface area contributed by atoms with Gasteiger partial charge in [0.1, 0.15) is 5.75 Å². The molecule has 119 valence electrons. The largest absolute Gasteiger partial charge is 0.493 e. The highest BCUT2D eigenvalue weighted by Crippen LogP contribution is 2.32. The van der Waals surface area contributed by atoms with Crippen LogP contribution in [0, 0.1) is 20.3 Å². The lowest BCUT2D eigenvalue weighted by molar-refractivity contribution is -0.159. The molecule has 0 aliphatic carbocycles. The summed E-state index contributed by atoms with van der Waals surface area (Å²) in [6.07, 6.45) is -1.75. The second kappa shape index (κ2) is 6.37. The predicted molar refractivity (Wildman–Crippen MR) is 74.3 cm³/mol. The molecule has 0 amide bonds. The van der Waals surface area contributed by atoms with Crippen molar-refractivity contribution in [2.75, 3.05) is 6.61 Å². The molecule has 22 heavy (non-hydrogen) atoms. The summed E-state index contributed by atoms with van der Waals surface area (Å²) in [6.45, 7) is 6.14. The van der Waals surface area contributed by atoms with E-state index in [2.05, 4.69) is 14.7 Å². The number of aromatic nitrogens is 2. The zero-order chi connectivity index (χ0) is 16.3. The first kappa shape index (κ1) is 16.3. The van der Waals surface area contributed by atoms with Crippen LogP contribution in [0.4, 0.5) is 13.2 Å². The van der Waals surface area contributed by atoms with Crippen LogP contribution in [0.2, 0.25) is 0 Å². The number of alkyl halides is 3. The van der Waals surface area contributed by atoms with Gasteiger partial charge in [-0.1, -0.05) is 12.1 Å². The van der Waals surface area contributed by atoms with Crippen molar-refractivity contribution in [1.82, 2.24) is 10.1 Å². The maximum atomic E-state index is 12.5. The third-order valence-electron chi connectivity index (χ3n) is 3.02. The van der Waals surface area contributed by atoms with Crippen LogP contribution in [0.5, 0.6) is 5.75 Å². The molecule has 7 heteroatoms. The summed E-state index contributed by atoms with van der Waals surface area (Å²) in [6, 6.07) is 3.36. The average Bonchev–Trinajstić information content (AvgIpc) is 2.91. The Labute approximate surface area is 126 Å². The summed E-state index contributed by atoms with van der Waals surface area (Å²) in [4.78, 5) is 3.39. The quantitative estimate of drug-likeness (QED) is 0.769. The summed E-state index contributed by atoms with van der Waals surface area (Å²) in [5, 5.41) is 3.39. The fraction of sp³-hybridized carbons (Fsp3) is 0.400. The number of nitrogens with zero attached hydrogens (tertiary/aromatic N) is 2. The monoisotopic (exact) mass is 313 g/mol. The van der Waals surface area contributed by atoms with E-state index in [1.807, 2.05) is 27.2 Å². The minimum atomic E-state index is -4.64. The molecule has 2 rings (SSSR count). The fourth-order valence-electron chi connectivity index (χ4n) is 2.02. The Bertz CT molecular complexity index is 627. The van der Waals surface area contributed by atoms with Gasteiger partial charge in [-0.3, -0.25) is 0 Å². The van der Waals surface area contributed by atoms with Gasteiger partial charge in [-0.15, -0.1) is 0 Å². The molecule has 0 saturated carbocycles. The summed E-state index contributed by atoms with van der Waals surface area (Å²) < 4.78 is 47.4. The first-order valence-corrected chi connectivity index (χ1v) is 6.80. The standard InChI is InChI=1S/C15H16F3N2O2/c1-4-5-6-21-12-9(2)7-11(8-10(12)3)13-19-14(22-20-13)15(16,17)18/h5,7-8H,4,6H2,1-3H3. The van der Waals surface area contributed by atoms with E-state index in [-0.39, 0.29) is 5.82 Å². The first-order valence-electron chi connectivity index (χ1n) is 6.80. The van der Waals surface area contributed by atoms with Gasteiger partial charge in [0.05, 0.1) is 6.61 Å². The van der Waals surface area contributed by atoms with Crippen LogP contribution in [-0.4, -0.2) is 16.7 Å². The van der Waals surface area contributed by atoms with E-state index in [4.69, 9.17) is 4.74 Å². The van der Waals surface area contributed by atoms with Gasteiger partial charge in [0.2, 0.25) is 5.82 Å². The Morgan fingerprint density at radius 2 is 1.86 bits per heavy atom. The predicted octanol–water partition coefficient (Wildman–Crippen LogP) is 4.37. The Hall–Kier alpha value is -2.05. The Kier molecular flexibility index (Phi) is 4.73. The Morgan fingerprint density at radius 3 is 2.36 bits per heavy atom. The molecule has 2 aromatic rings. The maximum Gasteiger partial charge on any atom is 0.471 e. The number of hydrogen-bond acceptors (Lipinski definition) is 4. The Morgan fingerprint density at radius 1 is 1.23 bits per heavy atom. The van der Waals surface area contributed by atoms with Gasteiger partial charge in [-0.25, -0.2) is 0 Å². The molecule has 0 spiro atoms. The van der Waals surface area contributed by atoms with Crippen molar-refractivity contribution < 1.29 is 22.4 Å². The highest BCUT2D eigenvalue weighted by molar-refractivity contribution is 5.61. The van der Waals surface area contributed by atoms with Crippen LogP contribution >= 0.6 is 0 Å². The number of ether oxygens (including phenoxy) is 1. The lowest BCUT2D eigenvalue weighted by atomic mass is 10.1. The third kappa shape index (κ3) is 3.58. The van der Waals surface area contributed by atoms with Gasteiger partial charge in [-0.2, -0.15) is 18.2 Å². The van der Waals surface area contributed by atoms with E-state index < -0.39 is 12.1 Å². The zero-order valence-electron chi connectivity index (χ0n) is 12.5. The Balaban J connectivity index is 2.28. The van der Waals surface area contributed by atoms with Gasteiger partial charge >= 0.3 is 12.1 Å². The van der Waals surface area contributed by atoms with Crippen molar-refractivity contribution in [2.24, 2.45) is 0 Å². The molecule has 1 radical (unpaired) electrons. The minimum absolute atomic E-state index is 0.0924. The number of unbranched alkanes of at least 4 members (excludes halogenated alkanes) is 1. The van der Waals surface area contributed by atoms with Gasteiger partial charge in [0.25, 0.3) is 0 Å². The molecule has 1 aromatic heterocycles. The topological polar surface area (TPSA) is 48.2 Å². The van der Waals surface area contributed by atoms with E-state index in [1.54, 1.807) is 12.1 Å². The van der Waals surface area contributed by atoms with Crippen LogP contribution in [0.3, 0.4) is 0 Å². The van der Waals surface area contributed by atoms with Gasteiger partial charge < -0.3 is 9.26 Å². The number of benzene rings is 1.